The number of carbonyl (C=O) groups is 1. The third-order valence-corrected chi connectivity index (χ3v) is 7.49. The Balaban J connectivity index is 1.50. The van der Waals surface area contributed by atoms with Crippen LogP contribution < -0.4 is 5.32 Å². The zero-order valence-electron chi connectivity index (χ0n) is 15.6. The molecule has 0 aromatic heterocycles. The number of nitrogens with zero attached hydrogens (tertiary/aromatic N) is 2. The van der Waals surface area contributed by atoms with Crippen molar-refractivity contribution in [3.63, 3.8) is 0 Å². The van der Waals surface area contributed by atoms with E-state index in [1.807, 2.05) is 0 Å². The monoisotopic (exact) mass is 413 g/mol. The Kier molecular flexibility index (Phi) is 7.14. The fourth-order valence-corrected chi connectivity index (χ4v) is 5.44. The predicted molar refractivity (Wildman–Crippen MR) is 106 cm³/mol. The van der Waals surface area contributed by atoms with Crippen molar-refractivity contribution < 1.29 is 13.2 Å². The summed E-state index contributed by atoms with van der Waals surface area (Å²) in [6, 6.07) is 6.17. The largest absolute Gasteiger partial charge is 0.356 e. The summed E-state index contributed by atoms with van der Waals surface area (Å²) in [6.45, 7) is 4.67. The molecule has 0 spiro atoms. The molecule has 0 bridgehead atoms. The second kappa shape index (κ2) is 9.37. The summed E-state index contributed by atoms with van der Waals surface area (Å²) in [5, 5.41) is 3.49. The quantitative estimate of drug-likeness (QED) is 0.696. The van der Waals surface area contributed by atoms with Gasteiger partial charge in [-0.05, 0) is 76.0 Å². The second-order valence-electron chi connectivity index (χ2n) is 7.35. The third-order valence-electron chi connectivity index (χ3n) is 5.36. The normalized spacial score (nSPS) is 22.0. The maximum absolute atomic E-state index is 12.8. The lowest BCUT2D eigenvalue weighted by Crippen LogP contribution is -2.45. The number of hydrogen-bond acceptors (Lipinski definition) is 4. The van der Waals surface area contributed by atoms with Crippen molar-refractivity contribution in [2.45, 2.75) is 37.0 Å². The molecule has 1 aromatic rings. The van der Waals surface area contributed by atoms with Crippen LogP contribution in [0.5, 0.6) is 0 Å². The molecule has 2 heterocycles. The van der Waals surface area contributed by atoms with Crippen LogP contribution in [0.2, 0.25) is 5.02 Å². The maximum Gasteiger partial charge on any atom is 0.243 e. The van der Waals surface area contributed by atoms with E-state index in [0.29, 0.717) is 24.5 Å². The van der Waals surface area contributed by atoms with Gasteiger partial charge in [-0.3, -0.25) is 4.79 Å². The van der Waals surface area contributed by atoms with E-state index >= 15 is 0 Å². The Morgan fingerprint density at radius 1 is 1.11 bits per heavy atom. The van der Waals surface area contributed by atoms with Crippen LogP contribution in [0.25, 0.3) is 0 Å². The van der Waals surface area contributed by atoms with Crippen LogP contribution in [-0.4, -0.2) is 62.8 Å². The molecule has 1 atom stereocenters. The van der Waals surface area contributed by atoms with Gasteiger partial charge in [0.15, 0.2) is 0 Å². The summed E-state index contributed by atoms with van der Waals surface area (Å²) in [4.78, 5) is 15.1. The van der Waals surface area contributed by atoms with Gasteiger partial charge in [0.05, 0.1) is 10.8 Å². The van der Waals surface area contributed by atoms with E-state index in [1.54, 1.807) is 12.1 Å². The van der Waals surface area contributed by atoms with Gasteiger partial charge in [0.25, 0.3) is 0 Å². The minimum absolute atomic E-state index is 0.0348. The van der Waals surface area contributed by atoms with E-state index in [4.69, 9.17) is 11.6 Å². The molecule has 1 aromatic carbocycles. The van der Waals surface area contributed by atoms with Crippen LogP contribution >= 0.6 is 11.6 Å². The fraction of sp³-hybridized carbons (Fsp3) is 0.632. The Labute approximate surface area is 166 Å². The number of benzene rings is 1. The van der Waals surface area contributed by atoms with Gasteiger partial charge in [0.2, 0.25) is 15.9 Å². The SMILES string of the molecule is O=C(NCCCN1CCCC1)[C@H]1CCCN(S(=O)(=O)c2ccc(Cl)cc2)C1. The first-order valence-electron chi connectivity index (χ1n) is 9.72. The zero-order chi connectivity index (χ0) is 19.3. The van der Waals surface area contributed by atoms with E-state index in [0.717, 1.165) is 32.5 Å². The molecule has 2 aliphatic heterocycles. The Hall–Kier alpha value is -1.15. The maximum atomic E-state index is 12.8. The molecule has 8 heteroatoms. The van der Waals surface area contributed by atoms with Crippen molar-refractivity contribution in [1.82, 2.24) is 14.5 Å². The summed E-state index contributed by atoms with van der Waals surface area (Å²) in [5.74, 6) is -0.319. The summed E-state index contributed by atoms with van der Waals surface area (Å²) in [5.41, 5.74) is 0. The summed E-state index contributed by atoms with van der Waals surface area (Å²) >= 11 is 5.85. The topological polar surface area (TPSA) is 69.7 Å². The van der Waals surface area contributed by atoms with E-state index in [9.17, 15) is 13.2 Å². The van der Waals surface area contributed by atoms with Gasteiger partial charge in [-0.25, -0.2) is 8.42 Å². The Morgan fingerprint density at radius 2 is 1.81 bits per heavy atom. The van der Waals surface area contributed by atoms with Crippen molar-refractivity contribution in [1.29, 1.82) is 0 Å². The molecule has 0 radical (unpaired) electrons. The molecular weight excluding hydrogens is 386 g/mol. The molecule has 150 valence electrons. The first-order valence-corrected chi connectivity index (χ1v) is 11.5. The number of carbonyl (C=O) groups excluding carboxylic acids is 1. The van der Waals surface area contributed by atoms with Gasteiger partial charge < -0.3 is 10.2 Å². The first kappa shape index (κ1) is 20.6. The minimum atomic E-state index is -3.59. The highest BCUT2D eigenvalue weighted by atomic mass is 35.5. The van der Waals surface area contributed by atoms with Crippen molar-refractivity contribution >= 4 is 27.5 Å². The molecule has 1 N–H and O–H groups in total. The van der Waals surface area contributed by atoms with Gasteiger partial charge in [-0.2, -0.15) is 4.31 Å². The van der Waals surface area contributed by atoms with Crippen LogP contribution in [0.15, 0.2) is 29.2 Å². The highest BCUT2D eigenvalue weighted by molar-refractivity contribution is 7.89. The third kappa shape index (κ3) is 5.44. The minimum Gasteiger partial charge on any atom is -0.356 e. The summed E-state index contributed by atoms with van der Waals surface area (Å²) < 4.78 is 27.1. The van der Waals surface area contributed by atoms with E-state index in [2.05, 4.69) is 10.2 Å². The van der Waals surface area contributed by atoms with E-state index in [1.165, 1.54) is 29.3 Å². The predicted octanol–water partition coefficient (Wildman–Crippen LogP) is 2.34. The molecule has 2 saturated heterocycles. The lowest BCUT2D eigenvalue weighted by Gasteiger charge is -2.31. The highest BCUT2D eigenvalue weighted by Gasteiger charge is 2.33. The number of sulfonamides is 1. The van der Waals surface area contributed by atoms with E-state index in [-0.39, 0.29) is 23.3 Å². The van der Waals surface area contributed by atoms with Gasteiger partial charge in [-0.15, -0.1) is 0 Å². The molecule has 3 rings (SSSR count). The van der Waals surface area contributed by atoms with Crippen LogP contribution in [0.1, 0.15) is 32.1 Å². The van der Waals surface area contributed by atoms with Crippen LogP contribution in [0.3, 0.4) is 0 Å². The van der Waals surface area contributed by atoms with Crippen LogP contribution in [0, 0.1) is 5.92 Å². The Morgan fingerprint density at radius 3 is 2.52 bits per heavy atom. The number of hydrogen-bond donors (Lipinski definition) is 1. The van der Waals surface area contributed by atoms with Crippen LogP contribution in [0.4, 0.5) is 0 Å². The number of halogens is 1. The average Bonchev–Trinajstić information content (AvgIpc) is 3.19. The standard InChI is InChI=1S/C19H28ClN3O3S/c20-17-6-8-18(9-7-17)27(25,26)23-14-3-5-16(15-23)19(24)21-10-4-13-22-11-1-2-12-22/h6-9,16H,1-5,10-15H2,(H,21,24)/t16-/m0/s1. The van der Waals surface area contributed by atoms with Crippen molar-refractivity contribution in [3.8, 4) is 0 Å². The molecule has 27 heavy (non-hydrogen) atoms. The average molecular weight is 414 g/mol. The lowest BCUT2D eigenvalue weighted by molar-refractivity contribution is -0.126. The van der Waals surface area contributed by atoms with Gasteiger partial charge in [0, 0.05) is 24.7 Å². The summed E-state index contributed by atoms with van der Waals surface area (Å²) in [7, 11) is -3.59. The molecule has 6 nitrogen and oxygen atoms in total. The van der Waals surface area contributed by atoms with Crippen molar-refractivity contribution in [2.24, 2.45) is 5.92 Å². The number of nitrogens with one attached hydrogen (secondary N) is 1. The molecule has 1 amide bonds. The molecule has 0 aliphatic carbocycles. The van der Waals surface area contributed by atoms with Gasteiger partial charge in [-0.1, -0.05) is 11.6 Å². The zero-order valence-corrected chi connectivity index (χ0v) is 17.1. The molecular formula is C19H28ClN3O3S. The number of likely N-dealkylation sites (tertiary alicyclic amines) is 1. The number of amides is 1. The van der Waals surface area contributed by atoms with Gasteiger partial charge in [0.1, 0.15) is 0 Å². The smallest absolute Gasteiger partial charge is 0.243 e. The van der Waals surface area contributed by atoms with Crippen molar-refractivity contribution in [2.75, 3.05) is 39.3 Å². The first-order chi connectivity index (χ1) is 13.0. The molecule has 0 saturated carbocycles. The fourth-order valence-electron chi connectivity index (χ4n) is 3.80. The molecule has 2 aliphatic rings. The second-order valence-corrected chi connectivity index (χ2v) is 9.72. The molecule has 2 fully saturated rings. The highest BCUT2D eigenvalue weighted by Crippen LogP contribution is 2.24. The van der Waals surface area contributed by atoms with Crippen molar-refractivity contribution in [3.05, 3.63) is 29.3 Å². The van der Waals surface area contributed by atoms with Gasteiger partial charge >= 0.3 is 0 Å². The molecule has 0 unspecified atom stereocenters. The number of rotatable bonds is 7. The van der Waals surface area contributed by atoms with Crippen LogP contribution in [-0.2, 0) is 14.8 Å². The lowest BCUT2D eigenvalue weighted by atomic mass is 9.99. The summed E-state index contributed by atoms with van der Waals surface area (Å²) in [6.07, 6.45) is 4.90. The Bertz CT molecular complexity index is 733. The van der Waals surface area contributed by atoms with E-state index < -0.39 is 10.0 Å². The number of piperidine rings is 1.